The van der Waals surface area contributed by atoms with Crippen molar-refractivity contribution in [2.45, 2.75) is 4.90 Å². The van der Waals surface area contributed by atoms with Gasteiger partial charge in [-0.3, -0.25) is 0 Å². The number of benzene rings is 2. The maximum atomic E-state index is 7.55. The average molecular weight is 339 g/mol. The van der Waals surface area contributed by atoms with E-state index >= 15 is 0 Å². The van der Waals surface area contributed by atoms with Crippen LogP contribution in [-0.2, 0) is 0 Å². The van der Waals surface area contributed by atoms with Crippen LogP contribution in [0.25, 0.3) is 11.1 Å². The fourth-order valence-electron chi connectivity index (χ4n) is 2.04. The van der Waals surface area contributed by atoms with Gasteiger partial charge in [-0.2, -0.15) is 9.21 Å². The summed E-state index contributed by atoms with van der Waals surface area (Å²) < 4.78 is 0. The number of anilines is 1. The van der Waals surface area contributed by atoms with Gasteiger partial charge in [0.05, 0.1) is 0 Å². The van der Waals surface area contributed by atoms with Crippen molar-refractivity contribution < 1.29 is 0 Å². The molecule has 0 atom stereocenters. The zero-order valence-corrected chi connectivity index (χ0v) is 13.9. The quantitative estimate of drug-likeness (QED) is 0.466. The van der Waals surface area contributed by atoms with Crippen LogP contribution in [0.2, 0.25) is 10.0 Å². The largest absolute Gasteiger partial charge is 0.398 e. The minimum Gasteiger partial charge on any atom is -0.398 e. The number of hydrogen-bond acceptors (Lipinski definition) is 2. The Kier molecular flexibility index (Phi) is 4.38. The van der Waals surface area contributed by atoms with E-state index in [9.17, 15) is 0 Å². The van der Waals surface area contributed by atoms with Crippen LogP contribution in [0, 0.1) is 5.41 Å². The normalized spacial score (nSPS) is 11.4. The third-order valence-corrected chi connectivity index (χ3v) is 5.04. The minimum absolute atomic E-state index is 0.456. The Morgan fingerprint density at radius 3 is 2.33 bits per heavy atom. The Morgan fingerprint density at radius 2 is 1.81 bits per heavy atom. The van der Waals surface area contributed by atoms with Gasteiger partial charge < -0.3 is 11.1 Å². The highest BCUT2D eigenvalue weighted by Gasteiger charge is 2.12. The van der Waals surface area contributed by atoms with E-state index in [0.29, 0.717) is 21.3 Å². The van der Waals surface area contributed by atoms with Crippen LogP contribution in [0.15, 0.2) is 35.2 Å². The summed E-state index contributed by atoms with van der Waals surface area (Å²) in [5.74, 6) is 8.16. The molecule has 0 unspecified atom stereocenters. The summed E-state index contributed by atoms with van der Waals surface area (Å²) in [4.78, 5) is 1.02. The zero-order valence-electron chi connectivity index (χ0n) is 11.6. The van der Waals surface area contributed by atoms with Crippen molar-refractivity contribution in [3.8, 4) is 11.1 Å². The second kappa shape index (κ2) is 5.76. The maximum absolute atomic E-state index is 7.55. The molecule has 21 heavy (non-hydrogen) atoms. The second-order valence-corrected chi connectivity index (χ2v) is 8.88. The number of halogens is 2. The molecule has 0 aliphatic carbocycles. The lowest BCUT2D eigenvalue weighted by Crippen LogP contribution is -1.97. The maximum Gasteiger partial charge on any atom is 0.0495 e. The second-order valence-electron chi connectivity index (χ2n) is 5.02. The van der Waals surface area contributed by atoms with E-state index in [-0.39, 0.29) is 0 Å². The fraction of sp³-hybridized carbons (Fsp3) is 0.0625. The fourth-order valence-corrected chi connectivity index (χ4v) is 3.42. The molecule has 0 saturated carbocycles. The van der Waals surface area contributed by atoms with Gasteiger partial charge in [0.2, 0.25) is 0 Å². The van der Waals surface area contributed by atoms with E-state index in [0.717, 1.165) is 16.0 Å². The smallest absolute Gasteiger partial charge is 0.0495 e. The van der Waals surface area contributed by atoms with Gasteiger partial charge in [0.1, 0.15) is 0 Å². The first-order valence-corrected chi connectivity index (χ1v) is 9.21. The molecule has 0 heterocycles. The molecular weight excluding hydrogens is 323 g/mol. The molecule has 2 aromatic carbocycles. The Hall–Kier alpha value is -1.42. The number of nitrogen functional groups attached to an aromatic ring is 1. The molecule has 0 spiro atoms. The summed E-state index contributed by atoms with van der Waals surface area (Å²) in [6.45, 7) is 0. The van der Waals surface area contributed by atoms with Crippen LogP contribution in [0.5, 0.6) is 0 Å². The minimum atomic E-state index is -1.34. The molecule has 0 fully saturated rings. The number of rotatable bonds is 3. The van der Waals surface area contributed by atoms with E-state index in [1.807, 2.05) is 24.5 Å². The first-order chi connectivity index (χ1) is 9.74. The Bertz CT molecular complexity index is 824. The first kappa shape index (κ1) is 16.0. The van der Waals surface area contributed by atoms with Crippen molar-refractivity contribution in [3.63, 3.8) is 0 Å². The van der Waals surface area contributed by atoms with Crippen molar-refractivity contribution >= 4 is 56.1 Å². The molecule has 2 rings (SSSR count). The van der Waals surface area contributed by atoms with E-state index in [1.165, 1.54) is 6.21 Å². The topological polar surface area (TPSA) is 49.9 Å². The summed E-state index contributed by atoms with van der Waals surface area (Å²) in [5, 5.41) is 8.63. The number of hydrogen-bond donors (Lipinski definition) is 2. The molecule has 0 aliphatic heterocycles. The van der Waals surface area contributed by atoms with Gasteiger partial charge in [0.15, 0.2) is 0 Å². The lowest BCUT2D eigenvalue weighted by molar-refractivity contribution is 1.45. The first-order valence-electron chi connectivity index (χ1n) is 6.08. The van der Waals surface area contributed by atoms with Crippen LogP contribution in [0.1, 0.15) is 5.56 Å². The summed E-state index contributed by atoms with van der Waals surface area (Å²) >= 11 is 12.5. The van der Waals surface area contributed by atoms with Crippen LogP contribution < -0.4 is 5.73 Å². The highest BCUT2D eigenvalue weighted by atomic mass is 35.5. The molecule has 110 valence electrons. The highest BCUT2D eigenvalue weighted by Crippen LogP contribution is 2.38. The predicted octanol–water partition coefficient (Wildman–Crippen LogP) is 4.90. The molecule has 0 aromatic heterocycles. The van der Waals surface area contributed by atoms with Crippen LogP contribution >= 0.6 is 32.4 Å². The van der Waals surface area contributed by atoms with Gasteiger partial charge in [-0.15, -0.1) is 0 Å². The molecular formula is C16H16Cl2N2S. The van der Waals surface area contributed by atoms with Crippen LogP contribution in [-0.4, -0.2) is 24.2 Å². The summed E-state index contributed by atoms with van der Waals surface area (Å²) in [7, 11) is -1.34. The van der Waals surface area contributed by atoms with Crippen molar-refractivity contribution in [2.24, 2.45) is 0 Å². The van der Waals surface area contributed by atoms with Gasteiger partial charge in [-0.05, 0) is 41.0 Å². The number of nitrogens with two attached hydrogens (primary N) is 1. The van der Waals surface area contributed by atoms with Gasteiger partial charge >= 0.3 is 0 Å². The molecule has 0 amide bonds. The Balaban J connectivity index is 2.71. The monoisotopic (exact) mass is 338 g/mol. The standard InChI is InChI=1S/C16H16Cl2N2S/c1-21(2,3)11-4-5-12(15(18)8-11)13-6-10(17)7-16(20)14(13)9-19/h4-9,19H,1-2,20H2,3H3. The molecule has 0 aliphatic rings. The third-order valence-electron chi connectivity index (χ3n) is 3.12. The van der Waals surface area contributed by atoms with Crippen molar-refractivity contribution in [2.75, 3.05) is 12.0 Å². The van der Waals surface area contributed by atoms with Crippen molar-refractivity contribution in [1.29, 1.82) is 5.41 Å². The molecule has 0 radical (unpaired) electrons. The van der Waals surface area contributed by atoms with Gasteiger partial charge in [0.25, 0.3) is 0 Å². The highest BCUT2D eigenvalue weighted by molar-refractivity contribution is 8.27. The van der Waals surface area contributed by atoms with E-state index < -0.39 is 9.21 Å². The number of nitrogens with one attached hydrogen (secondary N) is 1. The van der Waals surface area contributed by atoms with Gasteiger partial charge in [-0.1, -0.05) is 41.0 Å². The molecule has 0 bridgehead atoms. The van der Waals surface area contributed by atoms with Gasteiger partial charge in [0, 0.05) is 33.1 Å². The van der Waals surface area contributed by atoms with Crippen molar-refractivity contribution in [3.05, 3.63) is 45.9 Å². The van der Waals surface area contributed by atoms with Gasteiger partial charge in [-0.25, -0.2) is 0 Å². The molecule has 2 nitrogen and oxygen atoms in total. The molecule has 2 aromatic rings. The predicted molar refractivity (Wildman–Crippen MR) is 100 cm³/mol. The van der Waals surface area contributed by atoms with Crippen LogP contribution in [0.3, 0.4) is 0 Å². The lowest BCUT2D eigenvalue weighted by Gasteiger charge is -2.14. The molecule has 0 saturated heterocycles. The van der Waals surface area contributed by atoms with E-state index in [1.54, 1.807) is 12.1 Å². The average Bonchev–Trinajstić information content (AvgIpc) is 2.36. The summed E-state index contributed by atoms with van der Waals surface area (Å²) in [6, 6.07) is 9.12. The summed E-state index contributed by atoms with van der Waals surface area (Å²) in [5.41, 5.74) is 8.52. The van der Waals surface area contributed by atoms with E-state index in [2.05, 4.69) is 11.7 Å². The summed E-state index contributed by atoms with van der Waals surface area (Å²) in [6.07, 6.45) is 3.21. The van der Waals surface area contributed by atoms with Crippen molar-refractivity contribution in [1.82, 2.24) is 0 Å². The lowest BCUT2D eigenvalue weighted by atomic mass is 9.99. The zero-order chi connectivity index (χ0) is 15.8. The Labute approximate surface area is 135 Å². The SMILES string of the molecule is C=S(=C)(C)c1ccc(-c2cc(Cl)cc(N)c2C=N)c(Cl)c1. The van der Waals surface area contributed by atoms with E-state index in [4.69, 9.17) is 34.3 Å². The van der Waals surface area contributed by atoms with Crippen LogP contribution in [0.4, 0.5) is 5.69 Å². The molecule has 5 heteroatoms. The Morgan fingerprint density at radius 1 is 1.14 bits per heavy atom. The molecule has 3 N–H and O–H groups in total. The third kappa shape index (κ3) is 3.26.